The Kier molecular flexibility index (Phi) is 3.93. The highest BCUT2D eigenvalue weighted by Crippen LogP contribution is 2.28. The molecule has 0 saturated heterocycles. The van der Waals surface area contributed by atoms with Crippen LogP contribution in [0, 0.1) is 10.1 Å². The van der Waals surface area contributed by atoms with Crippen molar-refractivity contribution in [3.8, 4) is 10.6 Å². The zero-order valence-corrected chi connectivity index (χ0v) is 14.5. The van der Waals surface area contributed by atoms with E-state index in [-0.39, 0.29) is 5.69 Å². The van der Waals surface area contributed by atoms with Gasteiger partial charge in [0.05, 0.1) is 20.8 Å². The standard InChI is InChI=1S/C16H9N3O2S3/c20-19(21)12-2-3-14-13(7-12)18-15(24-14)4-1-11-9-23-16(17-11)10-5-6-22-8-10/h1-9H/b4-1+. The molecule has 0 saturated carbocycles. The van der Waals surface area contributed by atoms with E-state index in [2.05, 4.69) is 21.4 Å². The molecule has 5 nitrogen and oxygen atoms in total. The second-order valence-corrected chi connectivity index (χ2v) is 7.58. The third kappa shape index (κ3) is 2.99. The Balaban J connectivity index is 1.59. The number of nitro groups is 1. The summed E-state index contributed by atoms with van der Waals surface area (Å²) < 4.78 is 0.928. The van der Waals surface area contributed by atoms with E-state index in [1.54, 1.807) is 28.7 Å². The summed E-state index contributed by atoms with van der Waals surface area (Å²) in [4.78, 5) is 19.4. The third-order valence-electron chi connectivity index (χ3n) is 3.29. The van der Waals surface area contributed by atoms with Crippen molar-refractivity contribution in [3.63, 3.8) is 0 Å². The Labute approximate surface area is 148 Å². The molecular formula is C16H9N3O2S3. The van der Waals surface area contributed by atoms with Crippen LogP contribution in [0.15, 0.2) is 40.4 Å². The van der Waals surface area contributed by atoms with Gasteiger partial charge in [0, 0.05) is 28.5 Å². The van der Waals surface area contributed by atoms with Gasteiger partial charge in [-0.05, 0) is 29.7 Å². The van der Waals surface area contributed by atoms with Gasteiger partial charge < -0.3 is 0 Å². The number of benzene rings is 1. The smallest absolute Gasteiger partial charge is 0.258 e. The van der Waals surface area contributed by atoms with E-state index in [1.807, 2.05) is 22.9 Å². The number of hydrogen-bond donors (Lipinski definition) is 0. The summed E-state index contributed by atoms with van der Waals surface area (Å²) in [5.41, 5.74) is 2.72. The molecule has 3 aromatic heterocycles. The molecule has 0 unspecified atom stereocenters. The molecule has 4 rings (SSSR count). The number of nitrogens with zero attached hydrogens (tertiary/aromatic N) is 3. The second-order valence-electron chi connectivity index (χ2n) is 4.88. The molecule has 0 bridgehead atoms. The maximum absolute atomic E-state index is 10.8. The maximum Gasteiger partial charge on any atom is 0.271 e. The average molecular weight is 371 g/mol. The minimum atomic E-state index is -0.407. The quantitative estimate of drug-likeness (QED) is 0.348. The van der Waals surface area contributed by atoms with Gasteiger partial charge in [0.2, 0.25) is 0 Å². The van der Waals surface area contributed by atoms with Gasteiger partial charge in [-0.1, -0.05) is 0 Å². The van der Waals surface area contributed by atoms with Gasteiger partial charge in [0.1, 0.15) is 10.0 Å². The molecule has 0 spiro atoms. The molecule has 0 aliphatic carbocycles. The van der Waals surface area contributed by atoms with Gasteiger partial charge in [0.25, 0.3) is 5.69 Å². The van der Waals surface area contributed by atoms with Crippen molar-refractivity contribution in [2.45, 2.75) is 0 Å². The van der Waals surface area contributed by atoms with Gasteiger partial charge in [-0.3, -0.25) is 10.1 Å². The minimum Gasteiger partial charge on any atom is -0.258 e. The Morgan fingerprint density at radius 2 is 2.04 bits per heavy atom. The van der Waals surface area contributed by atoms with Crippen LogP contribution in [0.1, 0.15) is 10.7 Å². The molecule has 0 N–H and O–H groups in total. The molecule has 24 heavy (non-hydrogen) atoms. The predicted octanol–water partition coefficient (Wildman–Crippen LogP) is 5.56. The van der Waals surface area contributed by atoms with Crippen molar-refractivity contribution >= 4 is 62.1 Å². The van der Waals surface area contributed by atoms with Crippen molar-refractivity contribution in [1.82, 2.24) is 9.97 Å². The van der Waals surface area contributed by atoms with E-state index < -0.39 is 4.92 Å². The van der Waals surface area contributed by atoms with E-state index in [9.17, 15) is 10.1 Å². The molecule has 0 fully saturated rings. The van der Waals surface area contributed by atoms with Gasteiger partial charge in [-0.2, -0.15) is 11.3 Å². The lowest BCUT2D eigenvalue weighted by molar-refractivity contribution is -0.384. The predicted molar refractivity (Wildman–Crippen MR) is 101 cm³/mol. The highest BCUT2D eigenvalue weighted by molar-refractivity contribution is 7.19. The second kappa shape index (κ2) is 6.23. The Morgan fingerprint density at radius 3 is 2.83 bits per heavy atom. The summed E-state index contributed by atoms with van der Waals surface area (Å²) in [6.07, 6.45) is 3.81. The summed E-state index contributed by atoms with van der Waals surface area (Å²) >= 11 is 4.76. The number of aromatic nitrogens is 2. The van der Waals surface area contributed by atoms with Gasteiger partial charge in [-0.25, -0.2) is 9.97 Å². The SMILES string of the molecule is O=[N+]([O-])c1ccc2sc(/C=C/c3csc(-c4ccsc4)n3)nc2c1. The van der Waals surface area contributed by atoms with E-state index in [1.165, 1.54) is 23.5 Å². The minimum absolute atomic E-state index is 0.0586. The van der Waals surface area contributed by atoms with Crippen LogP contribution in [0.3, 0.4) is 0 Å². The van der Waals surface area contributed by atoms with Crippen LogP contribution in [0.4, 0.5) is 5.69 Å². The van der Waals surface area contributed by atoms with E-state index in [4.69, 9.17) is 0 Å². The first-order chi connectivity index (χ1) is 11.7. The van der Waals surface area contributed by atoms with E-state index in [0.29, 0.717) is 5.52 Å². The zero-order valence-electron chi connectivity index (χ0n) is 12.1. The Hall–Kier alpha value is -2.42. The fraction of sp³-hybridized carbons (Fsp3) is 0. The first-order valence-electron chi connectivity index (χ1n) is 6.90. The van der Waals surface area contributed by atoms with Crippen molar-refractivity contribution in [2.75, 3.05) is 0 Å². The molecule has 0 amide bonds. The van der Waals surface area contributed by atoms with Crippen LogP contribution < -0.4 is 0 Å². The zero-order chi connectivity index (χ0) is 16.5. The molecule has 0 aliphatic rings. The lowest BCUT2D eigenvalue weighted by Gasteiger charge is -1.89. The summed E-state index contributed by atoms with van der Waals surface area (Å²) in [6.45, 7) is 0. The van der Waals surface area contributed by atoms with Crippen molar-refractivity contribution in [1.29, 1.82) is 0 Å². The molecule has 4 aromatic rings. The number of hydrogen-bond acceptors (Lipinski definition) is 7. The topological polar surface area (TPSA) is 68.9 Å². The molecule has 0 atom stereocenters. The van der Waals surface area contributed by atoms with E-state index >= 15 is 0 Å². The number of thiazole rings is 2. The van der Waals surface area contributed by atoms with E-state index in [0.717, 1.165) is 26.0 Å². The fourth-order valence-corrected chi connectivity index (χ4v) is 4.51. The highest BCUT2D eigenvalue weighted by Gasteiger charge is 2.09. The van der Waals surface area contributed by atoms with Gasteiger partial charge in [0.15, 0.2) is 0 Å². The van der Waals surface area contributed by atoms with Crippen LogP contribution in [0.2, 0.25) is 0 Å². The number of non-ortho nitro benzene ring substituents is 1. The molecule has 8 heteroatoms. The lowest BCUT2D eigenvalue weighted by atomic mass is 10.3. The number of thiophene rings is 1. The average Bonchev–Trinajstić information content (AvgIpc) is 3.30. The number of fused-ring (bicyclic) bond motifs is 1. The Bertz CT molecular complexity index is 1050. The monoisotopic (exact) mass is 371 g/mol. The third-order valence-corrected chi connectivity index (χ3v) is 5.88. The molecule has 0 radical (unpaired) electrons. The van der Waals surface area contributed by atoms with Crippen LogP contribution >= 0.6 is 34.0 Å². The summed E-state index contributed by atoms with van der Waals surface area (Å²) in [5.74, 6) is 0. The first kappa shape index (κ1) is 15.1. The maximum atomic E-state index is 10.8. The van der Waals surface area contributed by atoms with Gasteiger partial charge in [-0.15, -0.1) is 22.7 Å². The highest BCUT2D eigenvalue weighted by atomic mass is 32.1. The Morgan fingerprint density at radius 1 is 1.12 bits per heavy atom. The summed E-state index contributed by atoms with van der Waals surface area (Å²) in [7, 11) is 0. The molecule has 1 aromatic carbocycles. The van der Waals surface area contributed by atoms with Crippen LogP contribution in [0.5, 0.6) is 0 Å². The molecule has 0 aliphatic heterocycles. The summed E-state index contributed by atoms with van der Waals surface area (Å²) in [5, 5.41) is 18.7. The van der Waals surface area contributed by atoms with Crippen molar-refractivity contribution in [3.05, 3.63) is 61.2 Å². The molecule has 118 valence electrons. The van der Waals surface area contributed by atoms with Crippen LogP contribution in [-0.2, 0) is 0 Å². The first-order valence-corrected chi connectivity index (χ1v) is 9.54. The van der Waals surface area contributed by atoms with Gasteiger partial charge >= 0.3 is 0 Å². The lowest BCUT2D eigenvalue weighted by Crippen LogP contribution is -1.86. The van der Waals surface area contributed by atoms with Crippen LogP contribution in [0.25, 0.3) is 32.9 Å². The van der Waals surface area contributed by atoms with Crippen LogP contribution in [-0.4, -0.2) is 14.9 Å². The number of rotatable bonds is 4. The fourth-order valence-electron chi connectivity index (χ4n) is 2.16. The normalized spacial score (nSPS) is 11.5. The number of nitro benzene ring substituents is 1. The van der Waals surface area contributed by atoms with Crippen molar-refractivity contribution < 1.29 is 4.92 Å². The molecular weight excluding hydrogens is 362 g/mol. The van der Waals surface area contributed by atoms with Crippen molar-refractivity contribution in [2.24, 2.45) is 0 Å². The molecule has 3 heterocycles. The largest absolute Gasteiger partial charge is 0.271 e. The summed E-state index contributed by atoms with van der Waals surface area (Å²) in [6, 6.07) is 6.79.